The van der Waals surface area contributed by atoms with Crippen LogP contribution in [0.3, 0.4) is 0 Å². The highest BCUT2D eigenvalue weighted by atomic mass is 31.2. The maximum atomic E-state index is 12.9. The summed E-state index contributed by atoms with van der Waals surface area (Å²) < 4.78 is 34.8. The molecule has 2 atom stereocenters. The summed E-state index contributed by atoms with van der Waals surface area (Å²) in [6, 6.07) is 0. The molecular weight excluding hydrogens is 1180 g/mol. The number of phosphoric acid groups is 1. The number of ether oxygens (including phenoxy) is 2. The number of hydrogen-bond acceptors (Lipinski definition) is 7. The van der Waals surface area contributed by atoms with E-state index in [0.717, 1.165) is 116 Å². The Labute approximate surface area is 580 Å². The molecule has 2 unspecified atom stereocenters. The third-order valence-corrected chi connectivity index (χ3v) is 17.3. The van der Waals surface area contributed by atoms with Crippen molar-refractivity contribution in [2.45, 2.75) is 328 Å². The maximum Gasteiger partial charge on any atom is 0.472 e. The first-order chi connectivity index (χ1) is 46.0. The average molecular weight is 1330 g/mol. The Morgan fingerprint density at radius 2 is 0.606 bits per heavy atom. The van der Waals surface area contributed by atoms with Gasteiger partial charge in [-0.2, -0.15) is 0 Å². The number of phosphoric ester groups is 1. The quantitative estimate of drug-likeness (QED) is 0.0211. The molecule has 94 heavy (non-hydrogen) atoms. The van der Waals surface area contributed by atoms with Crippen molar-refractivity contribution in [2.24, 2.45) is 0 Å². The zero-order valence-corrected chi connectivity index (χ0v) is 62.3. The molecule has 0 amide bonds. The predicted molar refractivity (Wildman–Crippen MR) is 408 cm³/mol. The molecule has 0 saturated carbocycles. The summed E-state index contributed by atoms with van der Waals surface area (Å²) in [4.78, 5) is 35.9. The number of allylic oxidation sites excluding steroid dienone is 24. The second-order valence-corrected chi connectivity index (χ2v) is 28.1. The summed E-state index contributed by atoms with van der Waals surface area (Å²) in [6.45, 7) is 4.33. The Balaban J connectivity index is 4.08. The van der Waals surface area contributed by atoms with E-state index in [1.807, 2.05) is 21.1 Å². The van der Waals surface area contributed by atoms with Gasteiger partial charge in [-0.3, -0.25) is 18.6 Å². The van der Waals surface area contributed by atoms with Crippen molar-refractivity contribution < 1.29 is 42.1 Å². The summed E-state index contributed by atoms with van der Waals surface area (Å²) in [7, 11) is 1.46. The van der Waals surface area contributed by atoms with Gasteiger partial charge in [0.15, 0.2) is 6.10 Å². The lowest BCUT2D eigenvalue weighted by Crippen LogP contribution is -2.37. The van der Waals surface area contributed by atoms with Crippen molar-refractivity contribution in [1.29, 1.82) is 0 Å². The molecule has 10 heteroatoms. The molecule has 0 bridgehead atoms. The van der Waals surface area contributed by atoms with Crippen LogP contribution in [0.4, 0.5) is 0 Å². The van der Waals surface area contributed by atoms with Crippen molar-refractivity contribution in [3.63, 3.8) is 0 Å². The van der Waals surface area contributed by atoms with Gasteiger partial charge in [-0.1, -0.05) is 333 Å². The minimum atomic E-state index is -4.41. The van der Waals surface area contributed by atoms with Crippen LogP contribution in [0, 0.1) is 0 Å². The van der Waals surface area contributed by atoms with E-state index in [1.54, 1.807) is 0 Å². The highest BCUT2D eigenvalue weighted by Gasteiger charge is 2.27. The van der Waals surface area contributed by atoms with E-state index in [4.69, 9.17) is 18.5 Å². The Hall–Kier alpha value is -4.11. The van der Waals surface area contributed by atoms with E-state index in [1.165, 1.54) is 173 Å². The highest BCUT2D eigenvalue weighted by molar-refractivity contribution is 7.47. The summed E-state index contributed by atoms with van der Waals surface area (Å²) >= 11 is 0. The molecule has 1 N–H and O–H groups in total. The highest BCUT2D eigenvalue weighted by Crippen LogP contribution is 2.43. The van der Waals surface area contributed by atoms with Gasteiger partial charge >= 0.3 is 19.8 Å². The minimum Gasteiger partial charge on any atom is -0.462 e. The van der Waals surface area contributed by atoms with Gasteiger partial charge in [0.2, 0.25) is 0 Å². The van der Waals surface area contributed by atoms with Crippen molar-refractivity contribution in [3.8, 4) is 0 Å². The number of hydrogen-bond donors (Lipinski definition) is 1. The Kier molecular flexibility index (Phi) is 69.9. The summed E-state index contributed by atoms with van der Waals surface area (Å²) in [5.74, 6) is -0.807. The van der Waals surface area contributed by atoms with Gasteiger partial charge in [0.25, 0.3) is 0 Å². The number of carbonyl (C=O) groups is 2. The Morgan fingerprint density at radius 3 is 0.915 bits per heavy atom. The predicted octanol–water partition coefficient (Wildman–Crippen LogP) is 25.7. The molecule has 0 aromatic carbocycles. The molecule has 0 radical (unpaired) electrons. The van der Waals surface area contributed by atoms with Gasteiger partial charge in [-0.15, -0.1) is 0 Å². The SMILES string of the molecule is CC/C=C\C/C=C\C/C=C\C/C=C\C/C=C\C/C=C\C/C=C\C/C=C\C/C=C\C/C=C\C/C=C\CCCCCCCCCC(=O)OC(COC(=O)CCCCCCCCCCCCCCCCCCC/C=C\CCCCCCCCCC)COP(=O)(O)OCC[N+](C)(C)C. The van der Waals surface area contributed by atoms with E-state index in [-0.39, 0.29) is 32.0 Å². The van der Waals surface area contributed by atoms with Gasteiger partial charge in [0, 0.05) is 12.8 Å². The fourth-order valence-corrected chi connectivity index (χ4v) is 11.2. The van der Waals surface area contributed by atoms with E-state index >= 15 is 0 Å². The Morgan fingerprint density at radius 1 is 0.340 bits per heavy atom. The van der Waals surface area contributed by atoms with Gasteiger partial charge in [0.05, 0.1) is 27.7 Å². The molecule has 0 aromatic rings. The van der Waals surface area contributed by atoms with Crippen LogP contribution in [-0.2, 0) is 32.7 Å². The van der Waals surface area contributed by atoms with Crippen LogP contribution in [0.1, 0.15) is 322 Å². The second-order valence-electron chi connectivity index (χ2n) is 26.7. The third kappa shape index (κ3) is 76.9. The monoisotopic (exact) mass is 1330 g/mol. The zero-order valence-electron chi connectivity index (χ0n) is 61.4. The topological polar surface area (TPSA) is 108 Å². The van der Waals surface area contributed by atoms with Gasteiger partial charge in [0.1, 0.15) is 19.8 Å². The first-order valence-corrected chi connectivity index (χ1v) is 40.1. The normalized spacial score (nSPS) is 13.9. The molecule has 538 valence electrons. The fourth-order valence-electron chi connectivity index (χ4n) is 10.5. The lowest BCUT2D eigenvalue weighted by molar-refractivity contribution is -0.870. The number of quaternary nitrogens is 1. The molecule has 0 heterocycles. The van der Waals surface area contributed by atoms with Crippen LogP contribution < -0.4 is 0 Å². The number of nitrogens with zero attached hydrogens (tertiary/aromatic N) is 1. The van der Waals surface area contributed by atoms with Crippen LogP contribution in [-0.4, -0.2) is 74.9 Å². The van der Waals surface area contributed by atoms with Crippen LogP contribution in [0.5, 0.6) is 0 Å². The zero-order chi connectivity index (χ0) is 68.3. The molecule has 0 aliphatic heterocycles. The molecule has 9 nitrogen and oxygen atoms in total. The number of likely N-dealkylation sites (N-methyl/N-ethyl adjacent to an activating group) is 1. The van der Waals surface area contributed by atoms with E-state index in [0.29, 0.717) is 17.4 Å². The third-order valence-electron chi connectivity index (χ3n) is 16.4. The average Bonchev–Trinajstić information content (AvgIpc) is 1.57. The largest absolute Gasteiger partial charge is 0.472 e. The first-order valence-electron chi connectivity index (χ1n) is 38.6. The molecule has 0 aromatic heterocycles. The molecular formula is C84H145NO8P+. The molecule has 0 aliphatic rings. The van der Waals surface area contributed by atoms with Crippen molar-refractivity contribution in [2.75, 3.05) is 47.5 Å². The van der Waals surface area contributed by atoms with Crippen molar-refractivity contribution in [1.82, 2.24) is 0 Å². The molecule has 0 saturated heterocycles. The van der Waals surface area contributed by atoms with Gasteiger partial charge in [-0.05, 0) is 122 Å². The standard InChI is InChI=1S/C84H144NO8P/c1-6-8-10-12-14-16-18-20-22-24-26-28-30-32-34-36-37-38-39-40-41-42-43-44-45-46-47-49-51-53-55-57-59-61-63-65-67-69-71-73-75-77-84(87)93-82(81-92-94(88,89)91-79-78-85(3,4)5)80-90-83(86)76-74-72-70-68-66-64-62-60-58-56-54-52-50-48-35-33-31-29-27-25-23-21-19-17-15-13-11-9-7-2/h8,10,14,16,20,22,25-28,32,34,37-38,40-41,43-44,46-47,51,53,57,59,82H,6-7,9,11-13,15,17-19,21,23-24,29-31,33,35-36,39,42,45,48-50,52,54-56,58,60-81H2,1-5H3/p+1/b10-8-,16-14-,22-20-,27-25-,28-26-,34-32-,38-37-,41-40-,44-43-,47-46-,53-51-,59-57-. The van der Waals surface area contributed by atoms with Crippen LogP contribution in [0.25, 0.3) is 0 Å². The maximum absolute atomic E-state index is 12.9. The molecule has 0 aliphatic carbocycles. The lowest BCUT2D eigenvalue weighted by atomic mass is 10.0. The molecule has 0 spiro atoms. The number of esters is 2. The van der Waals surface area contributed by atoms with E-state index in [2.05, 4.69) is 160 Å². The summed E-state index contributed by atoms with van der Waals surface area (Å²) in [6.07, 6.45) is 108. The first kappa shape index (κ1) is 89.9. The second kappa shape index (κ2) is 73.1. The molecule has 0 fully saturated rings. The van der Waals surface area contributed by atoms with E-state index in [9.17, 15) is 19.0 Å². The van der Waals surface area contributed by atoms with Gasteiger partial charge in [-0.25, -0.2) is 4.57 Å². The number of unbranched alkanes of at least 4 members (excludes halogenated alkanes) is 32. The van der Waals surface area contributed by atoms with Crippen LogP contribution in [0.2, 0.25) is 0 Å². The Bertz CT molecular complexity index is 2100. The smallest absolute Gasteiger partial charge is 0.462 e. The van der Waals surface area contributed by atoms with Crippen LogP contribution in [0.15, 0.2) is 146 Å². The fraction of sp³-hybridized carbons (Fsp3) is 0.690. The lowest BCUT2D eigenvalue weighted by Gasteiger charge is -2.24. The van der Waals surface area contributed by atoms with E-state index < -0.39 is 26.5 Å². The van der Waals surface area contributed by atoms with Crippen molar-refractivity contribution >= 4 is 19.8 Å². The summed E-state index contributed by atoms with van der Waals surface area (Å²) in [5.41, 5.74) is 0. The summed E-state index contributed by atoms with van der Waals surface area (Å²) in [5, 5.41) is 0. The van der Waals surface area contributed by atoms with Crippen LogP contribution >= 0.6 is 7.82 Å². The van der Waals surface area contributed by atoms with Gasteiger partial charge < -0.3 is 18.9 Å². The number of carbonyl (C=O) groups excluding carboxylic acids is 2. The molecule has 0 rings (SSSR count). The van der Waals surface area contributed by atoms with Crippen molar-refractivity contribution in [3.05, 3.63) is 146 Å². The minimum absolute atomic E-state index is 0.0238. The number of rotatable bonds is 70.